The van der Waals surface area contributed by atoms with Crippen molar-refractivity contribution in [2.45, 2.75) is 45.7 Å². The van der Waals surface area contributed by atoms with E-state index in [9.17, 15) is 13.2 Å². The highest BCUT2D eigenvalue weighted by atomic mass is 19.1. The second-order valence-electron chi connectivity index (χ2n) is 5.86. The second kappa shape index (κ2) is 6.69. The van der Waals surface area contributed by atoms with Crippen LogP contribution in [-0.4, -0.2) is 25.2 Å². The molecule has 3 unspecified atom stereocenters. The molecule has 1 N–H and O–H groups in total. The molecule has 0 aliphatic carbocycles. The molecule has 0 amide bonds. The van der Waals surface area contributed by atoms with E-state index in [0.29, 0.717) is 12.6 Å². The van der Waals surface area contributed by atoms with Crippen molar-refractivity contribution in [3.05, 3.63) is 29.6 Å². The van der Waals surface area contributed by atoms with Gasteiger partial charge in [0, 0.05) is 30.8 Å². The molecule has 2 nitrogen and oxygen atoms in total. The Morgan fingerprint density at radius 2 is 1.81 bits per heavy atom. The Balaban J connectivity index is 2.20. The van der Waals surface area contributed by atoms with Crippen LogP contribution >= 0.6 is 0 Å². The zero-order chi connectivity index (χ0) is 15.6. The van der Waals surface area contributed by atoms with Crippen molar-refractivity contribution in [2.24, 2.45) is 5.92 Å². The average Bonchev–Trinajstić information content (AvgIpc) is 2.41. The molecule has 1 aliphatic rings. The fourth-order valence-corrected chi connectivity index (χ4v) is 3.11. The van der Waals surface area contributed by atoms with Crippen molar-refractivity contribution in [3.63, 3.8) is 0 Å². The number of nitrogens with one attached hydrogen (secondary N) is 1. The van der Waals surface area contributed by atoms with Crippen LogP contribution in [0.4, 0.5) is 18.9 Å². The minimum absolute atomic E-state index is 0.0115. The van der Waals surface area contributed by atoms with Gasteiger partial charge in [0.2, 0.25) is 0 Å². The quantitative estimate of drug-likeness (QED) is 0.912. The molecule has 21 heavy (non-hydrogen) atoms. The molecule has 1 aromatic carbocycles. The van der Waals surface area contributed by atoms with E-state index in [-0.39, 0.29) is 17.6 Å². The van der Waals surface area contributed by atoms with Crippen molar-refractivity contribution in [1.82, 2.24) is 5.32 Å². The van der Waals surface area contributed by atoms with Crippen LogP contribution in [0.5, 0.6) is 0 Å². The summed E-state index contributed by atoms with van der Waals surface area (Å²) >= 11 is 0. The summed E-state index contributed by atoms with van der Waals surface area (Å²) in [6.45, 7) is 7.67. The van der Waals surface area contributed by atoms with Gasteiger partial charge >= 0.3 is 0 Å². The molecule has 118 valence electrons. The molecule has 1 aliphatic heterocycles. The summed E-state index contributed by atoms with van der Waals surface area (Å²) in [4.78, 5) is 1.72. The zero-order valence-electron chi connectivity index (χ0n) is 12.8. The van der Waals surface area contributed by atoms with Gasteiger partial charge in [-0.1, -0.05) is 13.8 Å². The number of piperidine rings is 1. The van der Waals surface area contributed by atoms with Gasteiger partial charge in [-0.2, -0.15) is 0 Å². The summed E-state index contributed by atoms with van der Waals surface area (Å²) in [6.07, 6.45) is 1.88. The summed E-state index contributed by atoms with van der Waals surface area (Å²) in [5.41, 5.74) is -0.107. The maximum atomic E-state index is 14.0. The van der Waals surface area contributed by atoms with Crippen LogP contribution in [0.1, 0.15) is 33.6 Å². The smallest absolute Gasteiger partial charge is 0.152 e. The highest BCUT2D eigenvalue weighted by Gasteiger charge is 2.34. The van der Waals surface area contributed by atoms with Crippen LogP contribution in [0, 0.1) is 23.4 Å². The van der Waals surface area contributed by atoms with Gasteiger partial charge in [-0.3, -0.25) is 0 Å². The first kappa shape index (κ1) is 16.1. The fourth-order valence-electron chi connectivity index (χ4n) is 3.11. The van der Waals surface area contributed by atoms with Gasteiger partial charge in [-0.05, 0) is 32.2 Å². The average molecular weight is 300 g/mol. The van der Waals surface area contributed by atoms with Gasteiger partial charge < -0.3 is 10.2 Å². The van der Waals surface area contributed by atoms with Crippen LogP contribution in [-0.2, 0) is 0 Å². The van der Waals surface area contributed by atoms with E-state index < -0.39 is 17.5 Å². The van der Waals surface area contributed by atoms with E-state index in [0.717, 1.165) is 31.5 Å². The molecule has 5 heteroatoms. The molecule has 2 rings (SSSR count). The van der Waals surface area contributed by atoms with Gasteiger partial charge in [0.05, 0.1) is 0 Å². The minimum Gasteiger partial charge on any atom is -0.364 e. The van der Waals surface area contributed by atoms with Crippen LogP contribution in [0.3, 0.4) is 0 Å². The van der Waals surface area contributed by atoms with Crippen LogP contribution in [0.25, 0.3) is 0 Å². The third kappa shape index (κ3) is 3.34. The number of anilines is 1. The Kier molecular flexibility index (Phi) is 5.14. The number of halogens is 3. The third-order valence-electron chi connectivity index (χ3n) is 4.49. The number of nitrogens with zero attached hydrogens (tertiary/aromatic N) is 1. The third-order valence-corrected chi connectivity index (χ3v) is 4.49. The standard InChI is InChI=1S/C16H23F3N2/c1-4-6-20-15-5-7-21(11(3)10(15)2)16-13(18)8-12(17)9-14(16)19/h8-11,15,20H,4-7H2,1-3H3. The van der Waals surface area contributed by atoms with Gasteiger partial charge in [-0.25, -0.2) is 13.2 Å². The SMILES string of the molecule is CCCNC1CCN(c2c(F)cc(F)cc2F)C(C)C1C. The van der Waals surface area contributed by atoms with Crippen molar-refractivity contribution in [3.8, 4) is 0 Å². The predicted molar refractivity (Wildman–Crippen MR) is 79.0 cm³/mol. The maximum absolute atomic E-state index is 14.0. The lowest BCUT2D eigenvalue weighted by molar-refractivity contribution is 0.268. The van der Waals surface area contributed by atoms with Crippen molar-refractivity contribution in [2.75, 3.05) is 18.0 Å². The van der Waals surface area contributed by atoms with Crippen molar-refractivity contribution in [1.29, 1.82) is 0 Å². The Labute approximate surface area is 124 Å². The van der Waals surface area contributed by atoms with E-state index in [1.807, 2.05) is 6.92 Å². The Hall–Kier alpha value is -1.23. The number of benzene rings is 1. The Morgan fingerprint density at radius 3 is 2.38 bits per heavy atom. The van der Waals surface area contributed by atoms with Crippen molar-refractivity contribution >= 4 is 5.69 Å². The molecular weight excluding hydrogens is 277 g/mol. The summed E-state index contributed by atoms with van der Waals surface area (Å²) < 4.78 is 41.0. The van der Waals surface area contributed by atoms with Gasteiger partial charge in [0.25, 0.3) is 0 Å². The molecule has 1 fully saturated rings. The molecule has 0 spiro atoms. The summed E-state index contributed by atoms with van der Waals surface area (Å²) in [5.74, 6) is -2.28. The molecule has 0 aromatic heterocycles. The normalized spacial score (nSPS) is 26.2. The maximum Gasteiger partial charge on any atom is 0.152 e. The fraction of sp³-hybridized carbons (Fsp3) is 0.625. The van der Waals surface area contributed by atoms with Gasteiger partial charge in [0.15, 0.2) is 11.6 Å². The molecule has 3 atom stereocenters. The minimum atomic E-state index is -0.881. The molecule has 0 radical (unpaired) electrons. The monoisotopic (exact) mass is 300 g/mol. The summed E-state index contributed by atoms with van der Waals surface area (Å²) in [5, 5.41) is 3.49. The molecule has 1 saturated heterocycles. The molecule has 0 bridgehead atoms. The lowest BCUT2D eigenvalue weighted by Gasteiger charge is -2.44. The topological polar surface area (TPSA) is 15.3 Å². The zero-order valence-corrected chi connectivity index (χ0v) is 12.8. The number of rotatable bonds is 4. The van der Waals surface area contributed by atoms with Crippen LogP contribution < -0.4 is 10.2 Å². The van der Waals surface area contributed by atoms with Crippen LogP contribution in [0.2, 0.25) is 0 Å². The molecule has 1 aromatic rings. The Bertz CT molecular complexity index is 469. The second-order valence-corrected chi connectivity index (χ2v) is 5.86. The van der Waals surface area contributed by atoms with Gasteiger partial charge in [0.1, 0.15) is 11.5 Å². The first-order chi connectivity index (χ1) is 9.95. The van der Waals surface area contributed by atoms with E-state index in [4.69, 9.17) is 0 Å². The summed E-state index contributed by atoms with van der Waals surface area (Å²) in [7, 11) is 0. The lowest BCUT2D eigenvalue weighted by atomic mass is 9.86. The predicted octanol–water partition coefficient (Wildman–Crippen LogP) is 3.71. The highest BCUT2D eigenvalue weighted by Crippen LogP contribution is 2.32. The van der Waals surface area contributed by atoms with E-state index in [2.05, 4.69) is 19.2 Å². The largest absolute Gasteiger partial charge is 0.364 e. The Morgan fingerprint density at radius 1 is 1.19 bits per heavy atom. The number of hydrogen-bond donors (Lipinski definition) is 1. The number of hydrogen-bond acceptors (Lipinski definition) is 2. The van der Waals surface area contributed by atoms with Crippen molar-refractivity contribution < 1.29 is 13.2 Å². The molecule has 0 saturated carbocycles. The van der Waals surface area contributed by atoms with E-state index in [1.54, 1.807) is 4.90 Å². The lowest BCUT2D eigenvalue weighted by Crippen LogP contribution is -2.54. The molecule has 1 heterocycles. The van der Waals surface area contributed by atoms with Crippen LogP contribution in [0.15, 0.2) is 12.1 Å². The van der Waals surface area contributed by atoms with Gasteiger partial charge in [-0.15, -0.1) is 0 Å². The van der Waals surface area contributed by atoms with E-state index >= 15 is 0 Å². The van der Waals surface area contributed by atoms with E-state index in [1.165, 1.54) is 0 Å². The first-order valence-corrected chi connectivity index (χ1v) is 7.60. The first-order valence-electron chi connectivity index (χ1n) is 7.60. The summed E-state index contributed by atoms with van der Waals surface area (Å²) in [6, 6.07) is 1.83. The molecular formula is C16H23F3N2. The highest BCUT2D eigenvalue weighted by molar-refractivity contribution is 5.51.